The second kappa shape index (κ2) is 8.93. The molecular weight excluding hydrogens is 326 g/mol. The van der Waals surface area contributed by atoms with Crippen molar-refractivity contribution in [2.45, 2.75) is 11.8 Å². The van der Waals surface area contributed by atoms with Gasteiger partial charge in [-0.1, -0.05) is 29.8 Å². The summed E-state index contributed by atoms with van der Waals surface area (Å²) in [7, 11) is 0. The van der Waals surface area contributed by atoms with Crippen molar-refractivity contribution in [2.75, 3.05) is 24.2 Å². The van der Waals surface area contributed by atoms with Crippen molar-refractivity contribution >= 4 is 29.0 Å². The summed E-state index contributed by atoms with van der Waals surface area (Å²) in [6.45, 7) is 2.84. The molecule has 2 aromatic rings. The van der Waals surface area contributed by atoms with Crippen molar-refractivity contribution in [3.05, 3.63) is 64.2 Å². The van der Waals surface area contributed by atoms with E-state index in [-0.39, 0.29) is 11.6 Å². The number of nitrogens with zero attached hydrogens (tertiary/aromatic N) is 1. The molecule has 0 aliphatic rings. The lowest BCUT2D eigenvalue weighted by atomic mass is 10.2. The van der Waals surface area contributed by atoms with Crippen LogP contribution in [0.3, 0.4) is 0 Å². The predicted molar refractivity (Wildman–Crippen MR) is 96.5 cm³/mol. The number of amides is 1. The minimum absolute atomic E-state index is 0.0266. The van der Waals surface area contributed by atoms with Crippen molar-refractivity contribution in [2.24, 2.45) is 0 Å². The summed E-state index contributed by atoms with van der Waals surface area (Å²) in [6.07, 6.45) is 0. The van der Waals surface area contributed by atoms with Gasteiger partial charge >= 0.3 is 0 Å². The van der Waals surface area contributed by atoms with Gasteiger partial charge in [0.2, 0.25) is 5.91 Å². The Labute approximate surface area is 144 Å². The van der Waals surface area contributed by atoms with E-state index < -0.39 is 4.92 Å². The maximum atomic E-state index is 11.8. The first kappa shape index (κ1) is 17.8. The summed E-state index contributed by atoms with van der Waals surface area (Å²) in [5, 5.41) is 16.7. The van der Waals surface area contributed by atoms with Gasteiger partial charge in [0.25, 0.3) is 5.69 Å². The molecule has 0 aliphatic heterocycles. The minimum Gasteiger partial charge on any atom is -0.378 e. The fourth-order valence-corrected chi connectivity index (χ4v) is 2.74. The fourth-order valence-electron chi connectivity index (χ4n) is 2.02. The highest BCUT2D eigenvalue weighted by Crippen LogP contribution is 2.22. The van der Waals surface area contributed by atoms with E-state index in [9.17, 15) is 14.9 Å². The molecule has 0 heterocycles. The first-order valence-corrected chi connectivity index (χ1v) is 8.48. The van der Waals surface area contributed by atoms with Crippen LogP contribution in [0, 0.1) is 17.0 Å². The second-order valence-corrected chi connectivity index (χ2v) is 6.20. The molecule has 0 saturated carbocycles. The molecule has 0 spiro atoms. The Morgan fingerprint density at radius 1 is 1.12 bits per heavy atom. The molecule has 126 valence electrons. The molecule has 0 aliphatic carbocycles. The van der Waals surface area contributed by atoms with E-state index in [0.29, 0.717) is 24.5 Å². The topological polar surface area (TPSA) is 84.3 Å². The number of carbonyl (C=O) groups is 1. The Bertz CT molecular complexity index is 704. The quantitative estimate of drug-likeness (QED) is 0.332. The molecule has 2 rings (SSSR count). The number of nitro benzene ring substituents is 1. The molecule has 0 unspecified atom stereocenters. The zero-order chi connectivity index (χ0) is 17.4. The smallest absolute Gasteiger partial charge is 0.292 e. The van der Waals surface area contributed by atoms with Gasteiger partial charge in [0.15, 0.2) is 0 Å². The normalized spacial score (nSPS) is 10.2. The number of para-hydroxylation sites is 2. The molecule has 7 heteroatoms. The number of aryl methyl sites for hydroxylation is 1. The van der Waals surface area contributed by atoms with Crippen molar-refractivity contribution in [1.82, 2.24) is 5.32 Å². The lowest BCUT2D eigenvalue weighted by Crippen LogP contribution is -2.30. The van der Waals surface area contributed by atoms with Crippen molar-refractivity contribution in [1.29, 1.82) is 0 Å². The highest BCUT2D eigenvalue weighted by Gasteiger charge is 2.11. The number of carbonyl (C=O) groups excluding carboxylic acids is 1. The first-order valence-electron chi connectivity index (χ1n) is 7.50. The summed E-state index contributed by atoms with van der Waals surface area (Å²) in [5.41, 5.74) is 1.66. The third kappa shape index (κ3) is 5.58. The number of anilines is 1. The molecule has 2 N–H and O–H groups in total. The number of benzene rings is 2. The summed E-state index contributed by atoms with van der Waals surface area (Å²) >= 11 is 1.48. The van der Waals surface area contributed by atoms with Crippen LogP contribution in [0.4, 0.5) is 11.4 Å². The number of hydrogen-bond donors (Lipinski definition) is 2. The van der Waals surface area contributed by atoms with Gasteiger partial charge in [-0.15, -0.1) is 11.8 Å². The Morgan fingerprint density at radius 2 is 1.83 bits per heavy atom. The van der Waals surface area contributed by atoms with E-state index in [1.807, 2.05) is 31.2 Å². The van der Waals surface area contributed by atoms with Crippen molar-refractivity contribution < 1.29 is 9.72 Å². The molecule has 6 nitrogen and oxygen atoms in total. The number of thioether (sulfide) groups is 1. The van der Waals surface area contributed by atoms with Crippen LogP contribution in [-0.4, -0.2) is 29.7 Å². The summed E-state index contributed by atoms with van der Waals surface area (Å²) in [4.78, 5) is 23.3. The fraction of sp³-hybridized carbons (Fsp3) is 0.235. The molecule has 0 radical (unpaired) electrons. The maximum Gasteiger partial charge on any atom is 0.292 e. The molecule has 0 aromatic heterocycles. The van der Waals surface area contributed by atoms with Crippen LogP contribution in [0.5, 0.6) is 0 Å². The summed E-state index contributed by atoms with van der Waals surface area (Å²) < 4.78 is 0. The number of nitrogens with one attached hydrogen (secondary N) is 2. The SMILES string of the molecule is Cc1ccc(SCC(=O)NCCNc2ccccc2[N+](=O)[O-])cc1. The molecule has 0 saturated heterocycles. The van der Waals surface area contributed by atoms with Crippen LogP contribution in [0.25, 0.3) is 0 Å². The molecule has 0 fully saturated rings. The van der Waals surface area contributed by atoms with Crippen LogP contribution in [0.15, 0.2) is 53.4 Å². The van der Waals surface area contributed by atoms with Gasteiger partial charge < -0.3 is 10.6 Å². The zero-order valence-electron chi connectivity index (χ0n) is 13.3. The van der Waals surface area contributed by atoms with Crippen LogP contribution in [0.2, 0.25) is 0 Å². The van der Waals surface area contributed by atoms with Gasteiger partial charge in [-0.3, -0.25) is 14.9 Å². The Balaban J connectivity index is 1.69. The molecular formula is C17H19N3O3S. The zero-order valence-corrected chi connectivity index (χ0v) is 14.1. The lowest BCUT2D eigenvalue weighted by molar-refractivity contribution is -0.384. The molecule has 0 bridgehead atoms. The highest BCUT2D eigenvalue weighted by atomic mass is 32.2. The second-order valence-electron chi connectivity index (χ2n) is 5.15. The van der Waals surface area contributed by atoms with E-state index in [4.69, 9.17) is 0 Å². The minimum atomic E-state index is -0.431. The lowest BCUT2D eigenvalue weighted by Gasteiger charge is -2.08. The third-order valence-corrected chi connectivity index (χ3v) is 4.27. The molecule has 1 amide bonds. The Kier molecular flexibility index (Phi) is 6.62. The largest absolute Gasteiger partial charge is 0.378 e. The van der Waals surface area contributed by atoms with Crippen molar-refractivity contribution in [3.8, 4) is 0 Å². The van der Waals surface area contributed by atoms with Gasteiger partial charge in [-0.05, 0) is 25.1 Å². The highest BCUT2D eigenvalue weighted by molar-refractivity contribution is 8.00. The average Bonchev–Trinajstić information content (AvgIpc) is 2.58. The molecule has 0 atom stereocenters. The monoisotopic (exact) mass is 345 g/mol. The van der Waals surface area contributed by atoms with Crippen LogP contribution < -0.4 is 10.6 Å². The maximum absolute atomic E-state index is 11.8. The predicted octanol–water partition coefficient (Wildman–Crippen LogP) is 3.22. The Morgan fingerprint density at radius 3 is 2.54 bits per heavy atom. The third-order valence-electron chi connectivity index (χ3n) is 3.25. The van der Waals surface area contributed by atoms with Gasteiger partial charge in [0.1, 0.15) is 5.69 Å². The standard InChI is InChI=1S/C17H19N3O3S/c1-13-6-8-14(9-7-13)24-12-17(21)19-11-10-18-15-4-2-3-5-16(15)20(22)23/h2-9,18H,10-12H2,1H3,(H,19,21). The van der Waals surface area contributed by atoms with E-state index in [1.165, 1.54) is 23.4 Å². The van der Waals surface area contributed by atoms with E-state index >= 15 is 0 Å². The van der Waals surface area contributed by atoms with Gasteiger partial charge in [-0.2, -0.15) is 0 Å². The first-order chi connectivity index (χ1) is 11.6. The van der Waals surface area contributed by atoms with E-state index in [1.54, 1.807) is 18.2 Å². The van der Waals surface area contributed by atoms with Crippen LogP contribution >= 0.6 is 11.8 Å². The van der Waals surface area contributed by atoms with Gasteiger partial charge in [0.05, 0.1) is 10.7 Å². The molecule has 2 aromatic carbocycles. The number of hydrogen-bond acceptors (Lipinski definition) is 5. The number of rotatable bonds is 8. The van der Waals surface area contributed by atoms with Crippen LogP contribution in [-0.2, 0) is 4.79 Å². The summed E-state index contributed by atoms with van der Waals surface area (Å²) in [5.74, 6) is 0.277. The number of nitro groups is 1. The summed E-state index contributed by atoms with van der Waals surface area (Å²) in [6, 6.07) is 14.4. The van der Waals surface area contributed by atoms with E-state index in [0.717, 1.165) is 4.90 Å². The average molecular weight is 345 g/mol. The Hall–Kier alpha value is -2.54. The molecule has 24 heavy (non-hydrogen) atoms. The van der Waals surface area contributed by atoms with Crippen LogP contribution in [0.1, 0.15) is 5.56 Å². The van der Waals surface area contributed by atoms with E-state index in [2.05, 4.69) is 10.6 Å². The van der Waals surface area contributed by atoms with Crippen molar-refractivity contribution in [3.63, 3.8) is 0 Å². The van der Waals surface area contributed by atoms with Gasteiger partial charge in [0, 0.05) is 24.1 Å². The van der Waals surface area contributed by atoms with Gasteiger partial charge in [-0.25, -0.2) is 0 Å².